The number of urea groups is 1. The van der Waals surface area contributed by atoms with Crippen molar-refractivity contribution in [1.82, 2.24) is 30.1 Å². The fourth-order valence-electron chi connectivity index (χ4n) is 5.65. The van der Waals surface area contributed by atoms with E-state index in [0.29, 0.717) is 36.9 Å². The Morgan fingerprint density at radius 2 is 1.90 bits per heavy atom. The minimum atomic E-state index is -0.721. The van der Waals surface area contributed by atoms with Crippen LogP contribution in [0.3, 0.4) is 0 Å². The molecule has 12 heteroatoms. The molecule has 2 atom stereocenters. The van der Waals surface area contributed by atoms with Crippen LogP contribution in [-0.2, 0) is 22.6 Å². The van der Waals surface area contributed by atoms with Crippen LogP contribution in [0.2, 0.25) is 0 Å². The lowest BCUT2D eigenvalue weighted by Gasteiger charge is -2.46. The highest BCUT2D eigenvalue weighted by molar-refractivity contribution is 7.22. The van der Waals surface area contributed by atoms with Crippen LogP contribution in [0, 0.1) is 0 Å². The van der Waals surface area contributed by atoms with Gasteiger partial charge in [-0.05, 0) is 42.2 Å². The second-order valence-corrected chi connectivity index (χ2v) is 11.6. The van der Waals surface area contributed by atoms with Gasteiger partial charge in [-0.2, -0.15) is 5.01 Å². The zero-order chi connectivity index (χ0) is 29.1. The molecule has 0 spiro atoms. The maximum absolute atomic E-state index is 14.1. The summed E-state index contributed by atoms with van der Waals surface area (Å²) in [7, 11) is 0. The lowest BCUT2D eigenvalue weighted by molar-refractivity contribution is -0.157. The van der Waals surface area contributed by atoms with Crippen molar-refractivity contribution >= 4 is 50.2 Å². The lowest BCUT2D eigenvalue weighted by atomic mass is 9.99. The maximum atomic E-state index is 14.1. The lowest BCUT2D eigenvalue weighted by Crippen LogP contribution is -2.66. The highest BCUT2D eigenvalue weighted by Crippen LogP contribution is 2.32. The normalized spacial score (nSPS) is 19.2. The van der Waals surface area contributed by atoms with E-state index in [9.17, 15) is 14.4 Å². The van der Waals surface area contributed by atoms with E-state index in [1.165, 1.54) is 11.3 Å². The van der Waals surface area contributed by atoms with Gasteiger partial charge in [0, 0.05) is 31.7 Å². The van der Waals surface area contributed by atoms with Gasteiger partial charge in [0.2, 0.25) is 11.8 Å². The average Bonchev–Trinajstić information content (AvgIpc) is 3.49. The van der Waals surface area contributed by atoms with Crippen molar-refractivity contribution in [2.24, 2.45) is 0 Å². The van der Waals surface area contributed by atoms with E-state index >= 15 is 0 Å². The number of amides is 4. The molecule has 0 bridgehead atoms. The standard InChI is InChI=1S/C29H38N8O3S/c1-3-5-13-32-29(40)35(14-4-2)36-18-25(38)37-22(15-19-9-11-21(30)12-10-19)27(39)34(17-24(36)37)16-20-7-6-8-23-26(20)33-28(31)41-23/h6-12,22,24H,3-5,13-18,30H2,1-2H3,(H2,31,33)(H,32,40)/t22-,24+/m0/s1. The van der Waals surface area contributed by atoms with Gasteiger partial charge in [-0.15, -0.1) is 0 Å². The second-order valence-electron chi connectivity index (χ2n) is 10.6. The number of hydrogen-bond donors (Lipinski definition) is 3. The molecule has 11 nitrogen and oxygen atoms in total. The number of aromatic nitrogens is 1. The van der Waals surface area contributed by atoms with Crippen LogP contribution in [0.5, 0.6) is 0 Å². The summed E-state index contributed by atoms with van der Waals surface area (Å²) in [6.45, 7) is 5.72. The molecule has 2 aliphatic heterocycles. The first-order valence-corrected chi connectivity index (χ1v) is 15.0. The minimum Gasteiger partial charge on any atom is -0.399 e. The number of nitrogens with one attached hydrogen (secondary N) is 1. The number of nitrogen functional groups attached to an aromatic ring is 2. The molecule has 2 fully saturated rings. The Labute approximate surface area is 244 Å². The summed E-state index contributed by atoms with van der Waals surface area (Å²) in [5.74, 6) is -0.303. The predicted octanol–water partition coefficient (Wildman–Crippen LogP) is 3.02. The molecule has 0 aliphatic carbocycles. The molecule has 2 aromatic carbocycles. The van der Waals surface area contributed by atoms with Crippen molar-refractivity contribution in [2.45, 2.75) is 58.3 Å². The highest BCUT2D eigenvalue weighted by atomic mass is 32.1. The summed E-state index contributed by atoms with van der Waals surface area (Å²) in [4.78, 5) is 48.9. The van der Waals surface area contributed by atoms with Crippen molar-refractivity contribution in [3.8, 4) is 0 Å². The van der Waals surface area contributed by atoms with Gasteiger partial charge in [-0.3, -0.25) is 14.6 Å². The van der Waals surface area contributed by atoms with Crippen LogP contribution in [0.4, 0.5) is 15.6 Å². The summed E-state index contributed by atoms with van der Waals surface area (Å²) in [6.07, 6.45) is 2.42. The first-order chi connectivity index (χ1) is 19.8. The Bertz CT molecular complexity index is 1410. The van der Waals surface area contributed by atoms with E-state index in [-0.39, 0.29) is 30.9 Å². The number of anilines is 2. The second kappa shape index (κ2) is 12.3. The number of unbranched alkanes of at least 4 members (excludes halogenated alkanes) is 1. The van der Waals surface area contributed by atoms with Crippen LogP contribution in [-0.4, -0.2) is 81.0 Å². The number of carbonyl (C=O) groups excluding carboxylic acids is 3. The molecule has 218 valence electrons. The molecule has 0 unspecified atom stereocenters. The smallest absolute Gasteiger partial charge is 0.332 e. The number of carbonyl (C=O) groups is 3. The molecule has 5 N–H and O–H groups in total. The monoisotopic (exact) mass is 578 g/mol. The number of benzene rings is 2. The van der Waals surface area contributed by atoms with Gasteiger partial charge < -0.3 is 26.6 Å². The fourth-order valence-corrected chi connectivity index (χ4v) is 6.43. The number of piperazine rings is 1. The van der Waals surface area contributed by atoms with Crippen molar-refractivity contribution in [3.05, 3.63) is 53.6 Å². The third-order valence-electron chi connectivity index (χ3n) is 7.64. The number of fused-ring (bicyclic) bond motifs is 2. The molecule has 0 saturated carbocycles. The zero-order valence-electron chi connectivity index (χ0n) is 23.6. The molecule has 2 saturated heterocycles. The Hall–Kier alpha value is -3.90. The Morgan fingerprint density at radius 3 is 2.63 bits per heavy atom. The third-order valence-corrected chi connectivity index (χ3v) is 8.49. The molecule has 41 heavy (non-hydrogen) atoms. The van der Waals surface area contributed by atoms with Crippen LogP contribution in [0.15, 0.2) is 42.5 Å². The number of nitrogens with two attached hydrogens (primary N) is 2. The molecule has 0 radical (unpaired) electrons. The van der Waals surface area contributed by atoms with Crippen molar-refractivity contribution in [2.75, 3.05) is 37.6 Å². The van der Waals surface area contributed by atoms with Gasteiger partial charge in [0.15, 0.2) is 5.13 Å². The van der Waals surface area contributed by atoms with E-state index < -0.39 is 12.2 Å². The number of nitrogens with zero attached hydrogens (tertiary/aromatic N) is 5. The van der Waals surface area contributed by atoms with Crippen molar-refractivity contribution in [3.63, 3.8) is 0 Å². The quantitative estimate of drug-likeness (QED) is 0.248. The minimum absolute atomic E-state index is 0.0312. The SMILES string of the molecule is CCCCNC(=O)N(CCC)N1CC(=O)N2[C@@H](Cc3ccc(N)cc3)C(=O)N(Cc3cccc4sc(N)nc34)C[C@@H]21. The molecule has 3 heterocycles. The Morgan fingerprint density at radius 1 is 1.12 bits per heavy atom. The molecular weight excluding hydrogens is 540 g/mol. The summed E-state index contributed by atoms with van der Waals surface area (Å²) in [5.41, 5.74) is 15.1. The largest absolute Gasteiger partial charge is 0.399 e. The van der Waals surface area contributed by atoms with Crippen LogP contribution in [0.25, 0.3) is 10.2 Å². The Kier molecular flexibility index (Phi) is 8.60. The maximum Gasteiger partial charge on any atom is 0.332 e. The van der Waals surface area contributed by atoms with E-state index in [2.05, 4.69) is 17.2 Å². The van der Waals surface area contributed by atoms with Gasteiger partial charge in [-0.25, -0.2) is 9.78 Å². The van der Waals surface area contributed by atoms with Gasteiger partial charge >= 0.3 is 6.03 Å². The van der Waals surface area contributed by atoms with Crippen LogP contribution in [0.1, 0.15) is 44.2 Å². The van der Waals surface area contributed by atoms with E-state index in [1.54, 1.807) is 26.9 Å². The first kappa shape index (κ1) is 28.6. The number of thiazole rings is 1. The summed E-state index contributed by atoms with van der Waals surface area (Å²) in [6, 6.07) is 12.3. The zero-order valence-corrected chi connectivity index (χ0v) is 24.4. The highest BCUT2D eigenvalue weighted by Gasteiger charge is 2.52. The molecule has 3 aromatic rings. The number of hydrazine groups is 1. The summed E-state index contributed by atoms with van der Waals surface area (Å²) in [5, 5.41) is 6.96. The molecule has 4 amide bonds. The van der Waals surface area contributed by atoms with E-state index in [0.717, 1.165) is 40.6 Å². The molecular formula is C29H38N8O3S. The summed E-state index contributed by atoms with van der Waals surface area (Å²) >= 11 is 1.41. The fraction of sp³-hybridized carbons (Fsp3) is 0.448. The van der Waals surface area contributed by atoms with Gasteiger partial charge in [0.1, 0.15) is 12.2 Å². The molecule has 5 rings (SSSR count). The van der Waals surface area contributed by atoms with Gasteiger partial charge in [0.05, 0.1) is 23.3 Å². The van der Waals surface area contributed by atoms with Crippen LogP contribution < -0.4 is 16.8 Å². The van der Waals surface area contributed by atoms with Gasteiger partial charge in [0.25, 0.3) is 0 Å². The van der Waals surface area contributed by atoms with E-state index in [1.807, 2.05) is 42.3 Å². The molecule has 2 aliphatic rings. The van der Waals surface area contributed by atoms with Crippen molar-refractivity contribution in [1.29, 1.82) is 0 Å². The van der Waals surface area contributed by atoms with Crippen LogP contribution >= 0.6 is 11.3 Å². The predicted molar refractivity (Wildman–Crippen MR) is 160 cm³/mol. The van der Waals surface area contributed by atoms with E-state index in [4.69, 9.17) is 11.5 Å². The Balaban J connectivity index is 1.48. The first-order valence-electron chi connectivity index (χ1n) is 14.2. The molecule has 1 aromatic heterocycles. The number of rotatable bonds is 10. The third kappa shape index (κ3) is 5.94. The topological polar surface area (TPSA) is 141 Å². The van der Waals surface area contributed by atoms with Gasteiger partial charge in [-0.1, -0.05) is 55.9 Å². The average molecular weight is 579 g/mol. The summed E-state index contributed by atoms with van der Waals surface area (Å²) < 4.78 is 0.958. The number of hydrogen-bond acceptors (Lipinski definition) is 8. The van der Waals surface area contributed by atoms with Crippen molar-refractivity contribution < 1.29 is 14.4 Å². The number of para-hydroxylation sites is 1.